The molecule has 0 spiro atoms. The third-order valence-corrected chi connectivity index (χ3v) is 7.34. The zero-order valence-electron chi connectivity index (χ0n) is 21.4. The Morgan fingerprint density at radius 3 is 2.14 bits per heavy atom. The Labute approximate surface area is 219 Å². The topological polar surface area (TPSA) is 47.0 Å². The monoisotopic (exact) mass is 493 g/mol. The van der Waals surface area contributed by atoms with Crippen LogP contribution in [-0.4, -0.2) is 64.2 Å². The SMILES string of the molecule is CC1CC=C(c2ccccc2)C=C(c2ccccc2)N1CC(=O)N1CCN(Cc2ccccc2)C(O)C1. The first-order valence-electron chi connectivity index (χ1n) is 13.1. The maximum atomic E-state index is 13.6. The second-order valence-corrected chi connectivity index (χ2v) is 9.91. The van der Waals surface area contributed by atoms with Gasteiger partial charge in [0.05, 0.1) is 13.1 Å². The van der Waals surface area contributed by atoms with Crippen LogP contribution in [0.2, 0.25) is 0 Å². The lowest BCUT2D eigenvalue weighted by Crippen LogP contribution is -2.56. The van der Waals surface area contributed by atoms with Gasteiger partial charge in [-0.05, 0) is 41.7 Å². The Kier molecular flexibility index (Phi) is 7.83. The molecule has 1 saturated heterocycles. The van der Waals surface area contributed by atoms with Crippen LogP contribution < -0.4 is 0 Å². The fourth-order valence-corrected chi connectivity index (χ4v) is 5.16. The number of aliphatic hydroxyl groups is 1. The molecule has 5 nitrogen and oxygen atoms in total. The van der Waals surface area contributed by atoms with Gasteiger partial charge in [-0.1, -0.05) is 97.1 Å². The summed E-state index contributed by atoms with van der Waals surface area (Å²) < 4.78 is 0. The number of β-amino-alcohol motifs (C(OH)–C–C–N with tert-alkyl or cyclic N) is 1. The standard InChI is InChI=1S/C32H35N3O2/c1-25-17-18-29(27-13-7-3-8-14-27)21-30(28-15-9-4-10-16-28)35(25)24-32(37)34-20-19-33(31(36)23-34)22-26-11-5-2-6-12-26/h2-16,18,21,25,31,36H,17,19-20,22-24H2,1H3. The Morgan fingerprint density at radius 1 is 0.865 bits per heavy atom. The quantitative estimate of drug-likeness (QED) is 0.532. The van der Waals surface area contributed by atoms with E-state index in [1.807, 2.05) is 52.3 Å². The number of piperazine rings is 1. The number of allylic oxidation sites excluding steroid dienone is 2. The zero-order valence-corrected chi connectivity index (χ0v) is 21.4. The molecule has 3 aromatic carbocycles. The van der Waals surface area contributed by atoms with Crippen LogP contribution in [0.25, 0.3) is 11.3 Å². The number of carbonyl (C=O) groups is 1. The van der Waals surface area contributed by atoms with Gasteiger partial charge < -0.3 is 14.9 Å². The van der Waals surface area contributed by atoms with Gasteiger partial charge in [0.15, 0.2) is 0 Å². The molecule has 0 saturated carbocycles. The van der Waals surface area contributed by atoms with Gasteiger partial charge in [0.25, 0.3) is 0 Å². The summed E-state index contributed by atoms with van der Waals surface area (Å²) in [5.41, 5.74) is 5.66. The highest BCUT2D eigenvalue weighted by Crippen LogP contribution is 2.31. The summed E-state index contributed by atoms with van der Waals surface area (Å²) >= 11 is 0. The summed E-state index contributed by atoms with van der Waals surface area (Å²) in [4.78, 5) is 19.7. The molecule has 1 amide bonds. The van der Waals surface area contributed by atoms with E-state index >= 15 is 0 Å². The van der Waals surface area contributed by atoms with Gasteiger partial charge in [-0.25, -0.2) is 0 Å². The van der Waals surface area contributed by atoms with E-state index in [4.69, 9.17) is 0 Å². The van der Waals surface area contributed by atoms with Crippen LogP contribution in [0.4, 0.5) is 0 Å². The average molecular weight is 494 g/mol. The third-order valence-electron chi connectivity index (χ3n) is 7.34. The van der Waals surface area contributed by atoms with Crippen LogP contribution in [0.5, 0.6) is 0 Å². The van der Waals surface area contributed by atoms with E-state index in [1.54, 1.807) is 0 Å². The Morgan fingerprint density at radius 2 is 1.49 bits per heavy atom. The first-order chi connectivity index (χ1) is 18.1. The summed E-state index contributed by atoms with van der Waals surface area (Å²) in [5.74, 6) is 0.0512. The molecule has 5 heteroatoms. The maximum absolute atomic E-state index is 13.6. The number of hydrogen-bond donors (Lipinski definition) is 1. The predicted octanol–water partition coefficient (Wildman–Crippen LogP) is 4.87. The molecule has 0 bridgehead atoms. The lowest BCUT2D eigenvalue weighted by molar-refractivity contribution is -0.141. The molecule has 0 aromatic heterocycles. The van der Waals surface area contributed by atoms with Crippen molar-refractivity contribution < 1.29 is 9.90 Å². The minimum absolute atomic E-state index is 0.0512. The second kappa shape index (κ2) is 11.6. The fraction of sp³-hybridized carbons (Fsp3) is 0.281. The molecule has 37 heavy (non-hydrogen) atoms. The van der Waals surface area contributed by atoms with E-state index in [1.165, 1.54) is 16.7 Å². The molecule has 0 aliphatic carbocycles. The van der Waals surface area contributed by atoms with Crippen LogP contribution in [-0.2, 0) is 11.3 Å². The van der Waals surface area contributed by atoms with Crippen molar-refractivity contribution >= 4 is 17.2 Å². The first kappa shape index (κ1) is 25.0. The molecular weight excluding hydrogens is 458 g/mol. The Balaban J connectivity index is 1.33. The van der Waals surface area contributed by atoms with E-state index in [0.717, 1.165) is 17.7 Å². The molecule has 2 aliphatic heterocycles. The molecule has 1 N–H and O–H groups in total. The number of hydrogen-bond acceptors (Lipinski definition) is 4. The summed E-state index contributed by atoms with van der Waals surface area (Å²) in [7, 11) is 0. The maximum Gasteiger partial charge on any atom is 0.242 e. The number of carbonyl (C=O) groups excluding carboxylic acids is 1. The molecule has 2 heterocycles. The van der Waals surface area contributed by atoms with E-state index in [0.29, 0.717) is 26.2 Å². The predicted molar refractivity (Wildman–Crippen MR) is 149 cm³/mol. The Bertz CT molecular complexity index is 1240. The fourth-order valence-electron chi connectivity index (χ4n) is 5.16. The molecule has 5 rings (SSSR count). The number of benzene rings is 3. The highest BCUT2D eigenvalue weighted by atomic mass is 16.3. The molecule has 0 radical (unpaired) electrons. The van der Waals surface area contributed by atoms with Gasteiger partial charge in [-0.15, -0.1) is 0 Å². The third kappa shape index (κ3) is 6.01. The lowest BCUT2D eigenvalue weighted by atomic mass is 10.0. The molecule has 1 fully saturated rings. The Hall–Kier alpha value is -3.67. The molecule has 2 unspecified atom stereocenters. The number of nitrogens with zero attached hydrogens (tertiary/aromatic N) is 3. The normalized spacial score (nSPS) is 20.7. The van der Waals surface area contributed by atoms with Crippen molar-refractivity contribution in [2.75, 3.05) is 26.2 Å². The largest absolute Gasteiger partial charge is 0.376 e. The molecule has 2 aliphatic rings. The van der Waals surface area contributed by atoms with Crippen LogP contribution in [0.1, 0.15) is 30.0 Å². The number of amides is 1. The van der Waals surface area contributed by atoms with Gasteiger partial charge >= 0.3 is 0 Å². The van der Waals surface area contributed by atoms with Gasteiger partial charge in [0.2, 0.25) is 5.91 Å². The smallest absolute Gasteiger partial charge is 0.242 e. The minimum atomic E-state index is -0.671. The molecular formula is C32H35N3O2. The summed E-state index contributed by atoms with van der Waals surface area (Å²) in [5, 5.41) is 10.8. The zero-order chi connectivity index (χ0) is 25.6. The van der Waals surface area contributed by atoms with Crippen molar-refractivity contribution in [1.29, 1.82) is 0 Å². The summed E-state index contributed by atoms with van der Waals surface area (Å²) in [6.45, 7) is 4.74. The van der Waals surface area contributed by atoms with E-state index in [-0.39, 0.29) is 18.5 Å². The van der Waals surface area contributed by atoms with Crippen LogP contribution >= 0.6 is 0 Å². The van der Waals surface area contributed by atoms with Gasteiger partial charge in [-0.2, -0.15) is 0 Å². The summed E-state index contributed by atoms with van der Waals surface area (Å²) in [6.07, 6.45) is 4.67. The van der Waals surface area contributed by atoms with Gasteiger partial charge in [0.1, 0.15) is 6.23 Å². The van der Waals surface area contributed by atoms with Crippen molar-refractivity contribution in [3.05, 3.63) is 120 Å². The van der Waals surface area contributed by atoms with Crippen LogP contribution in [0.15, 0.2) is 103 Å². The van der Waals surface area contributed by atoms with Crippen molar-refractivity contribution in [2.24, 2.45) is 0 Å². The van der Waals surface area contributed by atoms with Gasteiger partial charge in [0, 0.05) is 31.4 Å². The highest BCUT2D eigenvalue weighted by molar-refractivity contribution is 5.86. The van der Waals surface area contributed by atoms with E-state index in [9.17, 15) is 9.90 Å². The number of aliphatic hydroxyl groups excluding tert-OH is 1. The summed E-state index contributed by atoms with van der Waals surface area (Å²) in [6, 6.07) is 31.0. The van der Waals surface area contributed by atoms with Gasteiger partial charge in [-0.3, -0.25) is 9.69 Å². The molecule has 2 atom stereocenters. The second-order valence-electron chi connectivity index (χ2n) is 9.91. The lowest BCUT2D eigenvalue weighted by Gasteiger charge is -2.40. The van der Waals surface area contributed by atoms with E-state index < -0.39 is 6.23 Å². The van der Waals surface area contributed by atoms with E-state index in [2.05, 4.69) is 72.5 Å². The van der Waals surface area contributed by atoms with Crippen molar-refractivity contribution in [1.82, 2.24) is 14.7 Å². The van der Waals surface area contributed by atoms with Crippen molar-refractivity contribution in [2.45, 2.75) is 32.2 Å². The first-order valence-corrected chi connectivity index (χ1v) is 13.1. The molecule has 3 aromatic rings. The van der Waals surface area contributed by atoms with Crippen LogP contribution in [0, 0.1) is 0 Å². The average Bonchev–Trinajstić information content (AvgIpc) is 3.10. The highest BCUT2D eigenvalue weighted by Gasteiger charge is 2.31. The van der Waals surface area contributed by atoms with Crippen molar-refractivity contribution in [3.8, 4) is 0 Å². The van der Waals surface area contributed by atoms with Crippen LogP contribution in [0.3, 0.4) is 0 Å². The minimum Gasteiger partial charge on any atom is -0.376 e. The molecule has 190 valence electrons. The number of rotatable bonds is 6. The van der Waals surface area contributed by atoms with Crippen molar-refractivity contribution in [3.63, 3.8) is 0 Å².